The van der Waals surface area contributed by atoms with Crippen molar-refractivity contribution in [3.8, 4) is 22.8 Å². The van der Waals surface area contributed by atoms with Crippen molar-refractivity contribution in [2.75, 3.05) is 13.2 Å². The zero-order valence-electron chi connectivity index (χ0n) is 14.7. The lowest BCUT2D eigenvalue weighted by atomic mass is 10.1. The Kier molecular flexibility index (Phi) is 5.36. The van der Waals surface area contributed by atoms with Gasteiger partial charge in [-0.3, -0.25) is 4.79 Å². The maximum atomic E-state index is 12.7. The van der Waals surface area contributed by atoms with Crippen LogP contribution >= 0.6 is 15.9 Å². The lowest BCUT2D eigenvalue weighted by Crippen LogP contribution is -2.32. The standard InChI is InChI=1S/C21H19BrN2O3/c22-15-6-3-5-14(11-15)19-13-24-21(27-19)18-9-2-1-8-17(18)20(25)23-12-16-7-4-10-26-16/h1-3,5-6,8-9,11,13,16H,4,7,10,12H2,(H,23,25)/t16-/m0/s1. The van der Waals surface area contributed by atoms with E-state index in [9.17, 15) is 4.79 Å². The lowest BCUT2D eigenvalue weighted by Gasteiger charge is -2.12. The molecule has 1 aromatic heterocycles. The molecule has 0 unspecified atom stereocenters. The van der Waals surface area contributed by atoms with Crippen LogP contribution in [0.15, 0.2) is 63.6 Å². The van der Waals surface area contributed by atoms with Gasteiger partial charge in [-0.05, 0) is 37.1 Å². The molecule has 0 bridgehead atoms. The Hall–Kier alpha value is -2.44. The number of benzene rings is 2. The minimum Gasteiger partial charge on any atom is -0.436 e. The minimum absolute atomic E-state index is 0.103. The number of carbonyl (C=O) groups is 1. The summed E-state index contributed by atoms with van der Waals surface area (Å²) in [6.45, 7) is 1.29. The van der Waals surface area contributed by atoms with Gasteiger partial charge in [0, 0.05) is 28.8 Å². The second-order valence-electron chi connectivity index (χ2n) is 6.43. The highest BCUT2D eigenvalue weighted by Crippen LogP contribution is 2.29. The largest absolute Gasteiger partial charge is 0.436 e. The van der Waals surface area contributed by atoms with E-state index >= 15 is 0 Å². The molecular weight excluding hydrogens is 408 g/mol. The highest BCUT2D eigenvalue weighted by molar-refractivity contribution is 9.10. The molecule has 27 heavy (non-hydrogen) atoms. The average Bonchev–Trinajstić information content (AvgIpc) is 3.38. The Bertz CT molecular complexity index is 948. The molecule has 2 aromatic carbocycles. The van der Waals surface area contributed by atoms with Crippen molar-refractivity contribution in [1.29, 1.82) is 0 Å². The van der Waals surface area contributed by atoms with Crippen LogP contribution < -0.4 is 5.32 Å². The molecule has 6 heteroatoms. The van der Waals surface area contributed by atoms with Crippen LogP contribution in [0.1, 0.15) is 23.2 Å². The van der Waals surface area contributed by atoms with E-state index in [-0.39, 0.29) is 12.0 Å². The SMILES string of the molecule is O=C(NC[C@@H]1CCCO1)c1ccccc1-c1ncc(-c2cccc(Br)c2)o1. The van der Waals surface area contributed by atoms with Crippen molar-refractivity contribution in [2.24, 2.45) is 0 Å². The third-order valence-corrected chi connectivity index (χ3v) is 5.02. The molecule has 5 nitrogen and oxygen atoms in total. The molecule has 4 rings (SSSR count). The maximum absolute atomic E-state index is 12.7. The van der Waals surface area contributed by atoms with Crippen molar-refractivity contribution in [1.82, 2.24) is 10.3 Å². The van der Waals surface area contributed by atoms with Crippen LogP contribution in [0.5, 0.6) is 0 Å². The summed E-state index contributed by atoms with van der Waals surface area (Å²) >= 11 is 3.46. The summed E-state index contributed by atoms with van der Waals surface area (Å²) in [6, 6.07) is 15.1. The van der Waals surface area contributed by atoms with Crippen molar-refractivity contribution in [2.45, 2.75) is 18.9 Å². The number of hydrogen-bond acceptors (Lipinski definition) is 4. The lowest BCUT2D eigenvalue weighted by molar-refractivity contribution is 0.0858. The minimum atomic E-state index is -0.150. The summed E-state index contributed by atoms with van der Waals surface area (Å²) in [4.78, 5) is 17.1. The van der Waals surface area contributed by atoms with Gasteiger partial charge in [-0.25, -0.2) is 4.98 Å². The quantitative estimate of drug-likeness (QED) is 0.642. The zero-order chi connectivity index (χ0) is 18.6. The van der Waals surface area contributed by atoms with Gasteiger partial charge in [-0.2, -0.15) is 0 Å². The van der Waals surface area contributed by atoms with Gasteiger partial charge in [0.2, 0.25) is 5.89 Å². The second-order valence-corrected chi connectivity index (χ2v) is 7.35. The molecule has 0 spiro atoms. The number of carbonyl (C=O) groups excluding carboxylic acids is 1. The number of oxazole rings is 1. The Morgan fingerprint density at radius 2 is 2.11 bits per heavy atom. The molecular formula is C21H19BrN2O3. The molecule has 0 aliphatic carbocycles. The van der Waals surface area contributed by atoms with Crippen LogP contribution in [-0.4, -0.2) is 30.1 Å². The third kappa shape index (κ3) is 4.12. The molecule has 138 valence electrons. The zero-order valence-corrected chi connectivity index (χ0v) is 16.2. The van der Waals surface area contributed by atoms with Crippen LogP contribution in [-0.2, 0) is 4.74 Å². The van der Waals surface area contributed by atoms with E-state index in [1.54, 1.807) is 12.3 Å². The first kappa shape index (κ1) is 17.9. The van der Waals surface area contributed by atoms with Gasteiger partial charge in [-0.15, -0.1) is 0 Å². The summed E-state index contributed by atoms with van der Waals surface area (Å²) in [5.74, 6) is 0.928. The molecule has 2 heterocycles. The molecule has 1 N–H and O–H groups in total. The summed E-state index contributed by atoms with van der Waals surface area (Å²) in [6.07, 6.45) is 3.81. The number of aromatic nitrogens is 1. The molecule has 0 saturated carbocycles. The molecule has 3 aromatic rings. The first-order valence-electron chi connectivity index (χ1n) is 8.91. The molecule has 1 saturated heterocycles. The van der Waals surface area contributed by atoms with Crippen LogP contribution in [0.4, 0.5) is 0 Å². The highest BCUT2D eigenvalue weighted by Gasteiger charge is 2.20. The fourth-order valence-electron chi connectivity index (χ4n) is 3.15. The van der Waals surface area contributed by atoms with Gasteiger partial charge in [0.1, 0.15) is 0 Å². The Morgan fingerprint density at radius 3 is 2.93 bits per heavy atom. The predicted molar refractivity (Wildman–Crippen MR) is 106 cm³/mol. The predicted octanol–water partition coefficient (Wildman–Crippen LogP) is 4.68. The Labute approximate surface area is 165 Å². The number of amides is 1. The Morgan fingerprint density at radius 1 is 1.22 bits per heavy atom. The summed E-state index contributed by atoms with van der Waals surface area (Å²) in [7, 11) is 0. The number of ether oxygens (including phenoxy) is 1. The van der Waals surface area contributed by atoms with Crippen LogP contribution in [0.3, 0.4) is 0 Å². The van der Waals surface area contributed by atoms with E-state index in [2.05, 4.69) is 26.2 Å². The maximum Gasteiger partial charge on any atom is 0.252 e. The molecule has 1 amide bonds. The fourth-order valence-corrected chi connectivity index (χ4v) is 3.55. The first-order valence-corrected chi connectivity index (χ1v) is 9.71. The van der Waals surface area contributed by atoms with Gasteiger partial charge in [0.05, 0.1) is 17.9 Å². The molecule has 0 radical (unpaired) electrons. The van der Waals surface area contributed by atoms with Gasteiger partial charge in [0.15, 0.2) is 5.76 Å². The smallest absolute Gasteiger partial charge is 0.252 e. The molecule has 1 fully saturated rings. The van der Waals surface area contributed by atoms with Crippen molar-refractivity contribution in [3.05, 3.63) is 64.8 Å². The van der Waals surface area contributed by atoms with Crippen molar-refractivity contribution < 1.29 is 13.9 Å². The van der Waals surface area contributed by atoms with E-state index in [4.69, 9.17) is 9.15 Å². The van der Waals surface area contributed by atoms with Gasteiger partial charge in [0.25, 0.3) is 5.91 Å². The monoisotopic (exact) mass is 426 g/mol. The number of nitrogens with one attached hydrogen (secondary N) is 1. The van der Waals surface area contributed by atoms with E-state index in [0.29, 0.717) is 29.3 Å². The molecule has 1 atom stereocenters. The van der Waals surface area contributed by atoms with Crippen LogP contribution in [0.2, 0.25) is 0 Å². The third-order valence-electron chi connectivity index (χ3n) is 4.53. The number of hydrogen-bond donors (Lipinski definition) is 1. The molecule has 1 aliphatic rings. The summed E-state index contributed by atoms with van der Waals surface area (Å²) in [5.41, 5.74) is 2.13. The molecule has 1 aliphatic heterocycles. The average molecular weight is 427 g/mol. The normalized spacial score (nSPS) is 16.4. The second kappa shape index (κ2) is 8.06. The van der Waals surface area contributed by atoms with E-state index in [0.717, 1.165) is 29.5 Å². The first-order chi connectivity index (χ1) is 13.2. The number of halogens is 1. The highest BCUT2D eigenvalue weighted by atomic mass is 79.9. The Balaban J connectivity index is 1.56. The van der Waals surface area contributed by atoms with Gasteiger partial charge >= 0.3 is 0 Å². The number of rotatable bonds is 5. The van der Waals surface area contributed by atoms with Gasteiger partial charge < -0.3 is 14.5 Å². The number of nitrogens with zero attached hydrogens (tertiary/aromatic N) is 1. The van der Waals surface area contributed by atoms with Crippen molar-refractivity contribution in [3.63, 3.8) is 0 Å². The summed E-state index contributed by atoms with van der Waals surface area (Å²) in [5, 5.41) is 2.96. The fraction of sp³-hybridized carbons (Fsp3) is 0.238. The van der Waals surface area contributed by atoms with Crippen molar-refractivity contribution >= 4 is 21.8 Å². The summed E-state index contributed by atoms with van der Waals surface area (Å²) < 4.78 is 12.5. The van der Waals surface area contributed by atoms with E-state index in [1.165, 1.54) is 0 Å². The van der Waals surface area contributed by atoms with E-state index in [1.807, 2.05) is 42.5 Å². The van der Waals surface area contributed by atoms with E-state index < -0.39 is 0 Å². The topological polar surface area (TPSA) is 64.4 Å². The van der Waals surface area contributed by atoms with Gasteiger partial charge in [-0.1, -0.05) is 40.2 Å². The van der Waals surface area contributed by atoms with Crippen LogP contribution in [0, 0.1) is 0 Å². The van der Waals surface area contributed by atoms with Crippen LogP contribution in [0.25, 0.3) is 22.8 Å².